The molecule has 1 fully saturated rings. The van der Waals surface area contributed by atoms with Gasteiger partial charge in [0, 0.05) is 5.54 Å². The summed E-state index contributed by atoms with van der Waals surface area (Å²) in [7, 11) is 0. The zero-order valence-electron chi connectivity index (χ0n) is 8.22. The molecule has 1 atom stereocenters. The summed E-state index contributed by atoms with van der Waals surface area (Å²) in [5.74, 6) is 0. The van der Waals surface area contributed by atoms with Crippen molar-refractivity contribution < 1.29 is 5.21 Å². The van der Waals surface area contributed by atoms with Crippen LogP contribution >= 0.6 is 11.6 Å². The summed E-state index contributed by atoms with van der Waals surface area (Å²) in [6.45, 7) is 7.78. The third-order valence-corrected chi connectivity index (χ3v) is 3.60. The Labute approximate surface area is 79.5 Å². The van der Waals surface area contributed by atoms with Crippen LogP contribution in [-0.4, -0.2) is 21.5 Å². The Morgan fingerprint density at radius 2 is 1.83 bits per heavy atom. The maximum atomic E-state index is 11.8. The standard InChI is InChI=1S/C9H17ClNO/c1-8(2)6-5-7(10)9(3,4)11(8)12/h7H,5-6H2,1-4H3. The maximum absolute atomic E-state index is 11.8. The van der Waals surface area contributed by atoms with Gasteiger partial charge in [-0.1, -0.05) is 0 Å². The molecule has 1 rings (SSSR count). The van der Waals surface area contributed by atoms with Gasteiger partial charge in [0.15, 0.2) is 0 Å². The number of hydroxylamine groups is 2. The second-order valence-electron chi connectivity index (χ2n) is 4.77. The molecule has 1 heterocycles. The predicted molar refractivity (Wildman–Crippen MR) is 49.6 cm³/mol. The van der Waals surface area contributed by atoms with Gasteiger partial charge in [0.25, 0.3) is 0 Å². The minimum Gasteiger partial charge on any atom is -0.142 e. The number of nitrogens with zero attached hydrogens (tertiary/aromatic N) is 1. The van der Waals surface area contributed by atoms with Crippen LogP contribution in [0, 0.1) is 0 Å². The summed E-state index contributed by atoms with van der Waals surface area (Å²) in [6, 6.07) is 0. The van der Waals surface area contributed by atoms with E-state index in [4.69, 9.17) is 11.6 Å². The first-order valence-electron chi connectivity index (χ1n) is 4.40. The van der Waals surface area contributed by atoms with E-state index in [-0.39, 0.29) is 10.9 Å². The van der Waals surface area contributed by atoms with Crippen molar-refractivity contribution in [2.75, 3.05) is 0 Å². The molecule has 1 radical (unpaired) electrons. The van der Waals surface area contributed by atoms with Crippen LogP contribution in [0.15, 0.2) is 0 Å². The van der Waals surface area contributed by atoms with E-state index in [1.54, 1.807) is 0 Å². The Hall–Kier alpha value is 0.210. The number of halogens is 1. The first-order chi connectivity index (χ1) is 5.28. The lowest BCUT2D eigenvalue weighted by atomic mass is 9.82. The van der Waals surface area contributed by atoms with E-state index >= 15 is 0 Å². The van der Waals surface area contributed by atoms with Crippen molar-refractivity contribution in [2.24, 2.45) is 0 Å². The number of hydrogen-bond acceptors (Lipinski definition) is 1. The van der Waals surface area contributed by atoms with Crippen LogP contribution in [0.1, 0.15) is 40.5 Å². The van der Waals surface area contributed by atoms with E-state index in [2.05, 4.69) is 0 Å². The highest BCUT2D eigenvalue weighted by Crippen LogP contribution is 2.39. The molecule has 1 unspecified atom stereocenters. The average molecular weight is 191 g/mol. The zero-order chi connectivity index (χ0) is 9.57. The van der Waals surface area contributed by atoms with Gasteiger partial charge in [-0.05, 0) is 40.5 Å². The third kappa shape index (κ3) is 1.48. The molecule has 71 valence electrons. The molecule has 0 aromatic heterocycles. The van der Waals surface area contributed by atoms with Crippen molar-refractivity contribution >= 4 is 11.6 Å². The monoisotopic (exact) mass is 190 g/mol. The molecule has 0 amide bonds. The molecule has 1 saturated heterocycles. The minimum absolute atomic E-state index is 0.0250. The average Bonchev–Trinajstić information content (AvgIpc) is 1.96. The van der Waals surface area contributed by atoms with Crippen molar-refractivity contribution in [3.63, 3.8) is 0 Å². The van der Waals surface area contributed by atoms with Crippen LogP contribution in [0.5, 0.6) is 0 Å². The Balaban J connectivity index is 2.86. The van der Waals surface area contributed by atoms with Gasteiger partial charge >= 0.3 is 0 Å². The van der Waals surface area contributed by atoms with Gasteiger partial charge in [0.05, 0.1) is 10.9 Å². The third-order valence-electron chi connectivity index (χ3n) is 2.85. The lowest BCUT2D eigenvalue weighted by Crippen LogP contribution is -2.60. The fraction of sp³-hybridized carbons (Fsp3) is 1.00. The van der Waals surface area contributed by atoms with Gasteiger partial charge in [-0.15, -0.1) is 21.9 Å². The molecule has 0 aromatic carbocycles. The summed E-state index contributed by atoms with van der Waals surface area (Å²) >= 11 is 6.09. The summed E-state index contributed by atoms with van der Waals surface area (Å²) in [5.41, 5.74) is -0.682. The molecule has 3 heteroatoms. The van der Waals surface area contributed by atoms with E-state index < -0.39 is 5.54 Å². The highest BCUT2D eigenvalue weighted by atomic mass is 35.5. The number of rotatable bonds is 0. The van der Waals surface area contributed by atoms with Gasteiger partial charge in [0.1, 0.15) is 0 Å². The van der Waals surface area contributed by atoms with E-state index in [1.165, 1.54) is 0 Å². The SMILES string of the molecule is CC1(C)CCC(Cl)C(C)(C)N1[O]. The first kappa shape index (κ1) is 10.3. The number of hydrogen-bond donors (Lipinski definition) is 0. The van der Waals surface area contributed by atoms with Crippen molar-refractivity contribution in [1.29, 1.82) is 0 Å². The van der Waals surface area contributed by atoms with Gasteiger partial charge in [-0.2, -0.15) is 0 Å². The largest absolute Gasteiger partial charge is 0.142 e. The normalized spacial score (nSPS) is 35.0. The smallest absolute Gasteiger partial charge is 0.0606 e. The van der Waals surface area contributed by atoms with Crippen molar-refractivity contribution in [3.05, 3.63) is 0 Å². The molecule has 0 N–H and O–H groups in total. The van der Waals surface area contributed by atoms with Crippen molar-refractivity contribution in [2.45, 2.75) is 57.0 Å². The highest BCUT2D eigenvalue weighted by Gasteiger charge is 2.47. The van der Waals surface area contributed by atoms with Gasteiger partial charge < -0.3 is 0 Å². The predicted octanol–water partition coefficient (Wildman–Crippen LogP) is 2.59. The summed E-state index contributed by atoms with van der Waals surface area (Å²) in [4.78, 5) is 0. The molecule has 0 aromatic rings. The Kier molecular flexibility index (Phi) is 2.45. The Morgan fingerprint density at radius 1 is 1.33 bits per heavy atom. The van der Waals surface area contributed by atoms with E-state index in [9.17, 15) is 5.21 Å². The van der Waals surface area contributed by atoms with Gasteiger partial charge in [-0.3, -0.25) is 0 Å². The molecular weight excluding hydrogens is 174 g/mol. The Bertz CT molecular complexity index is 179. The molecule has 12 heavy (non-hydrogen) atoms. The van der Waals surface area contributed by atoms with Gasteiger partial charge in [0.2, 0.25) is 0 Å². The van der Waals surface area contributed by atoms with Crippen LogP contribution in [0.2, 0.25) is 0 Å². The van der Waals surface area contributed by atoms with Crippen LogP contribution in [0.25, 0.3) is 0 Å². The lowest BCUT2D eigenvalue weighted by Gasteiger charge is -2.49. The van der Waals surface area contributed by atoms with E-state index in [0.29, 0.717) is 0 Å². The second kappa shape index (κ2) is 2.86. The summed E-state index contributed by atoms with van der Waals surface area (Å²) in [6.07, 6.45) is 1.81. The lowest BCUT2D eigenvalue weighted by molar-refractivity contribution is -0.285. The zero-order valence-corrected chi connectivity index (χ0v) is 8.98. The molecule has 0 saturated carbocycles. The molecule has 1 aliphatic heterocycles. The summed E-state index contributed by atoms with van der Waals surface area (Å²) in [5, 5.41) is 12.9. The van der Waals surface area contributed by atoms with Crippen LogP contribution in [0.4, 0.5) is 0 Å². The van der Waals surface area contributed by atoms with Crippen LogP contribution < -0.4 is 0 Å². The Morgan fingerprint density at radius 3 is 2.25 bits per heavy atom. The van der Waals surface area contributed by atoms with Crippen LogP contribution in [-0.2, 0) is 5.21 Å². The van der Waals surface area contributed by atoms with Crippen molar-refractivity contribution in [1.82, 2.24) is 5.06 Å². The topological polar surface area (TPSA) is 23.1 Å². The fourth-order valence-corrected chi connectivity index (χ4v) is 2.04. The molecule has 2 nitrogen and oxygen atoms in total. The fourth-order valence-electron chi connectivity index (χ4n) is 1.84. The first-order valence-corrected chi connectivity index (χ1v) is 4.83. The molecular formula is C9H17ClNO. The van der Waals surface area contributed by atoms with E-state index in [0.717, 1.165) is 17.9 Å². The van der Waals surface area contributed by atoms with Gasteiger partial charge in [-0.25, -0.2) is 0 Å². The van der Waals surface area contributed by atoms with Crippen LogP contribution in [0.3, 0.4) is 0 Å². The molecule has 0 aliphatic carbocycles. The summed E-state index contributed by atoms with van der Waals surface area (Å²) < 4.78 is 0. The quantitative estimate of drug-likeness (QED) is 0.539. The van der Waals surface area contributed by atoms with Crippen molar-refractivity contribution in [3.8, 4) is 0 Å². The molecule has 0 spiro atoms. The molecule has 1 aliphatic rings. The van der Waals surface area contributed by atoms with E-state index in [1.807, 2.05) is 27.7 Å². The maximum Gasteiger partial charge on any atom is 0.0606 e. The number of piperidine rings is 1. The molecule has 0 bridgehead atoms. The number of alkyl halides is 1. The minimum atomic E-state index is -0.427. The second-order valence-corrected chi connectivity index (χ2v) is 5.29. The highest BCUT2D eigenvalue weighted by molar-refractivity contribution is 6.21.